The molecule has 0 atom stereocenters. The molecular formula is C4H9IO. The van der Waals surface area contributed by atoms with Gasteiger partial charge < -0.3 is 5.11 Å². The van der Waals surface area contributed by atoms with Crippen molar-refractivity contribution in [2.24, 2.45) is 0 Å². The first-order valence-corrected chi connectivity index (χ1v) is 2.94. The molecule has 0 heterocycles. The van der Waals surface area contributed by atoms with Crippen molar-refractivity contribution >= 4 is 22.6 Å². The largest absolute Gasteiger partial charge is 0.395 e. The average molecular weight is 200 g/mol. The van der Waals surface area contributed by atoms with Gasteiger partial charge in [-0.3, -0.25) is 0 Å². The fraction of sp³-hybridized carbons (Fsp3) is 1.00. The van der Waals surface area contributed by atoms with Gasteiger partial charge in [0.1, 0.15) is 0 Å². The smallest absolute Gasteiger partial charge is 0.0571 e. The van der Waals surface area contributed by atoms with E-state index < -0.39 is 0 Å². The molecule has 1 nitrogen and oxygen atoms in total. The van der Waals surface area contributed by atoms with E-state index in [2.05, 4.69) is 22.6 Å². The predicted molar refractivity (Wildman–Crippen MR) is 35.2 cm³/mol. The van der Waals surface area contributed by atoms with Crippen LogP contribution in [-0.4, -0.2) is 15.1 Å². The molecule has 0 aromatic heterocycles. The minimum Gasteiger partial charge on any atom is -0.395 e. The van der Waals surface area contributed by atoms with Crippen molar-refractivity contribution in [1.29, 1.82) is 0 Å². The van der Waals surface area contributed by atoms with Gasteiger partial charge in [-0.25, -0.2) is 0 Å². The van der Waals surface area contributed by atoms with Crippen molar-refractivity contribution in [2.75, 3.05) is 6.61 Å². The van der Waals surface area contributed by atoms with Gasteiger partial charge in [-0.15, -0.1) is 0 Å². The minimum atomic E-state index is 0.0672. The summed E-state index contributed by atoms with van der Waals surface area (Å²) in [5, 5.41) is 8.40. The molecule has 0 rings (SSSR count). The molecule has 0 fully saturated rings. The Morgan fingerprint density at radius 3 is 1.83 bits per heavy atom. The summed E-state index contributed by atoms with van der Waals surface area (Å²) in [6.45, 7) is 4.22. The Hall–Kier alpha value is 0.690. The van der Waals surface area contributed by atoms with Gasteiger partial charge in [0.2, 0.25) is 0 Å². The summed E-state index contributed by atoms with van der Waals surface area (Å²) in [4.78, 5) is 0. The zero-order valence-electron chi connectivity index (χ0n) is 4.03. The molecule has 0 aromatic carbocycles. The molecule has 0 amide bonds. The van der Waals surface area contributed by atoms with Crippen LogP contribution in [0.15, 0.2) is 0 Å². The van der Waals surface area contributed by atoms with Gasteiger partial charge in [0.15, 0.2) is 0 Å². The molecule has 0 saturated carbocycles. The fourth-order valence-corrected chi connectivity index (χ4v) is 0. The molecule has 1 N–H and O–H groups in total. The van der Waals surface area contributed by atoms with E-state index in [-0.39, 0.29) is 10.0 Å². The first-order valence-electron chi connectivity index (χ1n) is 1.86. The molecule has 0 aliphatic heterocycles. The Labute approximate surface area is 51.9 Å². The molecule has 0 unspecified atom stereocenters. The van der Waals surface area contributed by atoms with Crippen molar-refractivity contribution in [3.05, 3.63) is 0 Å². The predicted octanol–water partition coefficient (Wildman–Crippen LogP) is 1.19. The van der Waals surface area contributed by atoms with E-state index >= 15 is 0 Å². The fourth-order valence-electron chi connectivity index (χ4n) is 0. The molecule has 0 radical (unpaired) electrons. The monoisotopic (exact) mass is 200 g/mol. The molecule has 38 valence electrons. The van der Waals surface area contributed by atoms with Gasteiger partial charge in [-0.05, 0) is 13.8 Å². The molecule has 2 heteroatoms. The van der Waals surface area contributed by atoms with E-state index in [0.717, 1.165) is 0 Å². The molecule has 0 spiro atoms. The van der Waals surface area contributed by atoms with Crippen LogP contribution < -0.4 is 0 Å². The number of halogens is 1. The highest BCUT2D eigenvalue weighted by molar-refractivity contribution is 14.1. The zero-order chi connectivity index (χ0) is 5.21. The lowest BCUT2D eigenvalue weighted by Gasteiger charge is -2.08. The van der Waals surface area contributed by atoms with Crippen molar-refractivity contribution in [3.8, 4) is 0 Å². The lowest BCUT2D eigenvalue weighted by atomic mass is 10.2. The van der Waals surface area contributed by atoms with Crippen molar-refractivity contribution < 1.29 is 5.11 Å². The SMILES string of the molecule is CC(C)(I)CO. The lowest BCUT2D eigenvalue weighted by Crippen LogP contribution is -2.13. The Kier molecular flexibility index (Phi) is 2.36. The number of aliphatic hydroxyl groups excluding tert-OH is 1. The van der Waals surface area contributed by atoms with Gasteiger partial charge in [0.05, 0.1) is 6.61 Å². The van der Waals surface area contributed by atoms with Crippen LogP contribution in [0, 0.1) is 0 Å². The second-order valence-corrected chi connectivity index (χ2v) is 4.80. The molecule has 0 bridgehead atoms. The van der Waals surface area contributed by atoms with Gasteiger partial charge in [-0.2, -0.15) is 0 Å². The summed E-state index contributed by atoms with van der Waals surface area (Å²) in [7, 11) is 0. The third-order valence-electron chi connectivity index (χ3n) is 0.376. The lowest BCUT2D eigenvalue weighted by molar-refractivity contribution is 0.272. The highest BCUT2D eigenvalue weighted by atomic mass is 127. The second kappa shape index (κ2) is 2.12. The first-order chi connectivity index (χ1) is 2.56. The normalized spacial score (nSPS) is 12.0. The Morgan fingerprint density at radius 1 is 1.67 bits per heavy atom. The molecule has 0 aliphatic rings. The number of hydrogen-bond acceptors (Lipinski definition) is 1. The van der Waals surface area contributed by atoms with Crippen LogP contribution in [0.3, 0.4) is 0 Å². The van der Waals surface area contributed by atoms with Gasteiger partial charge >= 0.3 is 0 Å². The summed E-state index contributed by atoms with van der Waals surface area (Å²) < 4.78 is 0.0672. The number of aliphatic hydroxyl groups is 1. The average Bonchev–Trinajstić information content (AvgIpc) is 1.35. The van der Waals surface area contributed by atoms with Crippen LogP contribution in [-0.2, 0) is 0 Å². The standard InChI is InChI=1S/C4H9IO/c1-4(2,5)3-6/h6H,3H2,1-2H3. The van der Waals surface area contributed by atoms with E-state index in [1.165, 1.54) is 0 Å². The topological polar surface area (TPSA) is 20.2 Å². The number of alkyl halides is 1. The molecular weight excluding hydrogens is 191 g/mol. The van der Waals surface area contributed by atoms with Crippen LogP contribution >= 0.6 is 22.6 Å². The molecule has 6 heavy (non-hydrogen) atoms. The third kappa shape index (κ3) is 4.69. The van der Waals surface area contributed by atoms with Gasteiger partial charge in [-0.1, -0.05) is 22.6 Å². The van der Waals surface area contributed by atoms with Crippen LogP contribution in [0.5, 0.6) is 0 Å². The summed E-state index contributed by atoms with van der Waals surface area (Å²) in [5.41, 5.74) is 0. The van der Waals surface area contributed by atoms with Crippen LogP contribution in [0.25, 0.3) is 0 Å². The zero-order valence-corrected chi connectivity index (χ0v) is 6.19. The number of hydrogen-bond donors (Lipinski definition) is 1. The summed E-state index contributed by atoms with van der Waals surface area (Å²) in [6.07, 6.45) is 0. The van der Waals surface area contributed by atoms with E-state index in [1.54, 1.807) is 0 Å². The van der Waals surface area contributed by atoms with Crippen LogP contribution in [0.2, 0.25) is 0 Å². The second-order valence-electron chi connectivity index (χ2n) is 1.88. The summed E-state index contributed by atoms with van der Waals surface area (Å²) in [5.74, 6) is 0. The molecule has 0 aromatic rings. The van der Waals surface area contributed by atoms with Crippen LogP contribution in [0.1, 0.15) is 13.8 Å². The Morgan fingerprint density at radius 2 is 1.83 bits per heavy atom. The van der Waals surface area contributed by atoms with Crippen molar-refractivity contribution in [1.82, 2.24) is 0 Å². The van der Waals surface area contributed by atoms with E-state index in [1.807, 2.05) is 13.8 Å². The summed E-state index contributed by atoms with van der Waals surface area (Å²) in [6, 6.07) is 0. The van der Waals surface area contributed by atoms with Crippen molar-refractivity contribution in [2.45, 2.75) is 17.3 Å². The molecule has 0 saturated heterocycles. The van der Waals surface area contributed by atoms with E-state index in [0.29, 0.717) is 0 Å². The van der Waals surface area contributed by atoms with Crippen LogP contribution in [0.4, 0.5) is 0 Å². The first kappa shape index (κ1) is 6.69. The highest BCUT2D eigenvalue weighted by Crippen LogP contribution is 2.13. The van der Waals surface area contributed by atoms with Gasteiger partial charge in [0.25, 0.3) is 0 Å². The maximum Gasteiger partial charge on any atom is 0.0571 e. The third-order valence-corrected chi connectivity index (χ3v) is 0.717. The van der Waals surface area contributed by atoms with E-state index in [4.69, 9.17) is 5.11 Å². The maximum atomic E-state index is 8.40. The van der Waals surface area contributed by atoms with E-state index in [9.17, 15) is 0 Å². The summed E-state index contributed by atoms with van der Waals surface area (Å²) >= 11 is 2.19. The number of rotatable bonds is 1. The Balaban J connectivity index is 3.17. The molecule has 0 aliphatic carbocycles. The minimum absolute atomic E-state index is 0.0672. The Bertz CT molecular complexity index is 37.3. The quantitative estimate of drug-likeness (QED) is 0.498. The highest BCUT2D eigenvalue weighted by Gasteiger charge is 2.07. The van der Waals surface area contributed by atoms with Gasteiger partial charge in [0, 0.05) is 3.42 Å². The van der Waals surface area contributed by atoms with Crippen molar-refractivity contribution in [3.63, 3.8) is 0 Å². The maximum absolute atomic E-state index is 8.40.